The summed E-state index contributed by atoms with van der Waals surface area (Å²) in [5.74, 6) is 3.11. The van der Waals surface area contributed by atoms with Gasteiger partial charge in [-0.05, 0) is 101 Å². The Balaban J connectivity index is 0.000000175. The van der Waals surface area contributed by atoms with Crippen molar-refractivity contribution in [3.63, 3.8) is 0 Å². The summed E-state index contributed by atoms with van der Waals surface area (Å²) in [4.78, 5) is 65.3. The van der Waals surface area contributed by atoms with Gasteiger partial charge >= 0.3 is 6.09 Å². The van der Waals surface area contributed by atoms with Crippen LogP contribution in [0.5, 0.6) is 23.0 Å². The fraction of sp³-hybridized carbons (Fsp3) is 0.480. The smallest absolute Gasteiger partial charge is 0.410 e. The molecule has 0 spiro atoms. The van der Waals surface area contributed by atoms with Gasteiger partial charge in [-0.3, -0.25) is 19.1 Å². The van der Waals surface area contributed by atoms with Crippen LogP contribution in [0.2, 0.25) is 0 Å². The van der Waals surface area contributed by atoms with Crippen LogP contribution in [0, 0.1) is 0 Å². The number of hydrogen-bond donors (Lipinski definition) is 1. The summed E-state index contributed by atoms with van der Waals surface area (Å²) >= 11 is 0. The largest absolute Gasteiger partial charge is 0.486 e. The van der Waals surface area contributed by atoms with Gasteiger partial charge in [0.05, 0.1) is 30.3 Å². The lowest BCUT2D eigenvalue weighted by molar-refractivity contribution is 0.00562. The number of aromatic nitrogens is 7. The van der Waals surface area contributed by atoms with E-state index in [1.807, 2.05) is 56.0 Å². The molecule has 10 rings (SSSR count). The molecule has 8 heterocycles. The minimum Gasteiger partial charge on any atom is -0.486 e. The summed E-state index contributed by atoms with van der Waals surface area (Å²) in [7, 11) is 0. The average Bonchev–Trinajstić information content (AvgIpc) is 3.37. The molecule has 2 saturated heterocycles. The Morgan fingerprint density at radius 1 is 0.681 bits per heavy atom. The molecule has 4 aliphatic heterocycles. The Morgan fingerprint density at radius 2 is 1.26 bits per heavy atom. The second kappa shape index (κ2) is 21.7. The summed E-state index contributed by atoms with van der Waals surface area (Å²) in [6, 6.07) is 14.3. The van der Waals surface area contributed by atoms with E-state index in [2.05, 4.69) is 52.2 Å². The van der Waals surface area contributed by atoms with E-state index >= 15 is 0 Å². The van der Waals surface area contributed by atoms with Crippen LogP contribution in [-0.4, -0.2) is 138 Å². The molecule has 0 atom stereocenters. The van der Waals surface area contributed by atoms with E-state index in [-0.39, 0.29) is 23.3 Å². The molecular weight excluding hydrogens is 883 g/mol. The van der Waals surface area contributed by atoms with Crippen LogP contribution in [0.4, 0.5) is 4.79 Å². The number of benzene rings is 2. The number of rotatable bonds is 12. The van der Waals surface area contributed by atoms with Crippen molar-refractivity contribution in [2.45, 2.75) is 90.3 Å². The first-order valence-corrected chi connectivity index (χ1v) is 23.9. The number of carbonyl (C=O) groups is 1. The monoisotopic (exact) mass is 943 g/mol. The molecule has 0 aliphatic carbocycles. The molecule has 0 unspecified atom stereocenters. The number of carbonyl (C=O) groups excluding carboxylic acids is 1. The van der Waals surface area contributed by atoms with Gasteiger partial charge in [0.15, 0.2) is 28.6 Å². The Bertz CT molecular complexity index is 2840. The summed E-state index contributed by atoms with van der Waals surface area (Å²) in [5.41, 5.74) is 4.09. The van der Waals surface area contributed by atoms with Crippen LogP contribution < -0.4 is 35.4 Å². The van der Waals surface area contributed by atoms with Gasteiger partial charge in [0.25, 0.3) is 11.1 Å². The number of fused-ring (bicyclic) bond motifs is 4. The van der Waals surface area contributed by atoms with Gasteiger partial charge in [0.2, 0.25) is 0 Å². The molecule has 2 fully saturated rings. The number of amides is 1. The van der Waals surface area contributed by atoms with Crippen molar-refractivity contribution in [1.29, 1.82) is 0 Å². The minimum absolute atomic E-state index is 0.0462. The van der Waals surface area contributed by atoms with E-state index in [1.54, 1.807) is 27.7 Å². The highest BCUT2D eigenvalue weighted by atomic mass is 16.6. The van der Waals surface area contributed by atoms with Crippen LogP contribution in [-0.2, 0) is 30.9 Å². The van der Waals surface area contributed by atoms with E-state index in [9.17, 15) is 14.4 Å². The molecule has 0 saturated carbocycles. The van der Waals surface area contributed by atoms with Crippen LogP contribution >= 0.6 is 0 Å². The van der Waals surface area contributed by atoms with Gasteiger partial charge in [-0.1, -0.05) is 12.1 Å². The predicted molar refractivity (Wildman–Crippen MR) is 258 cm³/mol. The summed E-state index contributed by atoms with van der Waals surface area (Å²) in [5, 5.41) is 3.67. The third kappa shape index (κ3) is 12.1. The fourth-order valence-electron chi connectivity index (χ4n) is 9.18. The number of piperidine rings is 2. The lowest BCUT2D eigenvalue weighted by atomic mass is 10.0. The second-order valence-electron chi connectivity index (χ2n) is 18.7. The third-order valence-electron chi connectivity index (χ3n) is 12.8. The number of hydrogen-bond acceptors (Lipinski definition) is 16. The maximum absolute atomic E-state index is 13.3. The van der Waals surface area contributed by atoms with Crippen molar-refractivity contribution in [3.05, 3.63) is 112 Å². The van der Waals surface area contributed by atoms with Crippen LogP contribution in [0.25, 0.3) is 22.2 Å². The van der Waals surface area contributed by atoms with E-state index < -0.39 is 5.60 Å². The lowest BCUT2D eigenvalue weighted by Crippen LogP contribution is -2.49. The minimum atomic E-state index is -0.584. The van der Waals surface area contributed by atoms with Gasteiger partial charge in [-0.2, -0.15) is 0 Å². The number of nitrogens with zero attached hydrogens (tertiary/aromatic N) is 10. The molecule has 364 valence electrons. The highest BCUT2D eigenvalue weighted by Crippen LogP contribution is 2.33. The molecule has 1 amide bonds. The number of ether oxygens (including phenoxy) is 5. The first-order valence-electron chi connectivity index (χ1n) is 23.9. The Hall–Kier alpha value is -6.70. The molecule has 69 heavy (non-hydrogen) atoms. The molecule has 19 nitrogen and oxygen atoms in total. The molecule has 4 aromatic heterocycles. The topological polar surface area (TPSA) is 193 Å². The zero-order valence-electron chi connectivity index (χ0n) is 39.6. The lowest BCUT2D eigenvalue weighted by Gasteiger charge is -2.39. The average molecular weight is 944 g/mol. The molecule has 0 bridgehead atoms. The maximum Gasteiger partial charge on any atom is 0.410 e. The van der Waals surface area contributed by atoms with Crippen molar-refractivity contribution >= 4 is 28.3 Å². The first kappa shape index (κ1) is 47.4. The van der Waals surface area contributed by atoms with E-state index in [0.29, 0.717) is 74.5 Å². The summed E-state index contributed by atoms with van der Waals surface area (Å²) < 4.78 is 31.9. The predicted octanol–water partition coefficient (Wildman–Crippen LogP) is 4.68. The zero-order valence-corrected chi connectivity index (χ0v) is 39.6. The Kier molecular flexibility index (Phi) is 14.9. The molecule has 0 radical (unpaired) electrons. The summed E-state index contributed by atoms with van der Waals surface area (Å²) in [6.07, 6.45) is 12.6. The second-order valence-corrected chi connectivity index (χ2v) is 18.7. The normalized spacial score (nSPS) is 16.7. The van der Waals surface area contributed by atoms with Crippen molar-refractivity contribution in [3.8, 4) is 23.0 Å². The highest BCUT2D eigenvalue weighted by molar-refractivity contribution is 5.73. The van der Waals surface area contributed by atoms with Crippen LogP contribution in [0.1, 0.15) is 57.6 Å². The molecule has 4 aliphatic rings. The standard InChI is InChI=1S/C28H35N5O5.C22H26N6O3/c1-28(2,3)38-27(35)33(19-20-4-5-24-25(16-20)37-15-14-36-24)21-7-10-31(11-8-21)12-13-32-23-6-9-29-17-22(23)30-18-26(32)34;29-21-14-25-18-13-23-15-26-22(18)28(21)8-7-27-5-3-17(4-6-27)24-12-16-1-2-19-20(11-16)31-10-9-30-19/h4-6,9,16-18,21H,7-8,10-15,19H2,1-3H3;1-2,11,13-15,17,24H,3-10,12H2. The van der Waals surface area contributed by atoms with Crippen molar-refractivity contribution < 1.29 is 28.5 Å². The fourth-order valence-corrected chi connectivity index (χ4v) is 9.18. The van der Waals surface area contributed by atoms with Crippen LogP contribution in [0.3, 0.4) is 0 Å². The van der Waals surface area contributed by atoms with Gasteiger partial charge < -0.3 is 48.3 Å². The molecule has 19 heteroatoms. The SMILES string of the molecule is CC(C)(C)OC(=O)N(Cc1ccc2c(c1)OCCO2)C1CCN(CCn2c(=O)cnc3cnccc32)CC1.O=c1cnc2cncnc2n1CCN1CCC(NCc2ccc3c(c2)OCCO3)CC1. The van der Waals surface area contributed by atoms with Crippen molar-refractivity contribution in [2.24, 2.45) is 0 Å². The van der Waals surface area contributed by atoms with E-state index in [4.69, 9.17) is 23.7 Å². The van der Waals surface area contributed by atoms with Crippen LogP contribution in [0.15, 0.2) is 89.4 Å². The number of nitrogens with one attached hydrogen (secondary N) is 1. The number of pyridine rings is 1. The molecule has 1 N–H and O–H groups in total. The van der Waals surface area contributed by atoms with Crippen molar-refractivity contribution in [1.82, 2.24) is 54.1 Å². The molecule has 6 aromatic rings. The Morgan fingerprint density at radius 3 is 1.94 bits per heavy atom. The maximum atomic E-state index is 13.3. The number of likely N-dealkylation sites (tertiary alicyclic amines) is 2. The van der Waals surface area contributed by atoms with E-state index in [0.717, 1.165) is 99.8 Å². The van der Waals surface area contributed by atoms with Gasteiger partial charge in [-0.15, -0.1) is 0 Å². The van der Waals surface area contributed by atoms with Gasteiger partial charge in [0, 0.05) is 70.6 Å². The van der Waals surface area contributed by atoms with E-state index in [1.165, 1.54) is 24.3 Å². The first-order chi connectivity index (χ1) is 33.5. The third-order valence-corrected chi connectivity index (χ3v) is 12.8. The highest BCUT2D eigenvalue weighted by Gasteiger charge is 2.32. The Labute approximate surface area is 400 Å². The summed E-state index contributed by atoms with van der Waals surface area (Å²) in [6.45, 7) is 15.6. The quantitative estimate of drug-likeness (QED) is 0.178. The van der Waals surface area contributed by atoms with Crippen molar-refractivity contribution in [2.75, 3.05) is 65.7 Å². The van der Waals surface area contributed by atoms with Gasteiger partial charge in [0.1, 0.15) is 49.4 Å². The molecule has 2 aromatic carbocycles. The van der Waals surface area contributed by atoms with Gasteiger partial charge in [-0.25, -0.2) is 24.7 Å². The molecular formula is C50H61N11O8. The zero-order chi connectivity index (χ0) is 47.7.